The van der Waals surface area contributed by atoms with E-state index in [2.05, 4.69) is 26.2 Å². The number of anilines is 1. The predicted octanol–water partition coefficient (Wildman–Crippen LogP) is 3.30. The minimum absolute atomic E-state index is 0.257. The second-order valence-corrected chi connectivity index (χ2v) is 4.61. The van der Waals surface area contributed by atoms with Gasteiger partial charge in [-0.2, -0.15) is 0 Å². The number of benzene rings is 1. The summed E-state index contributed by atoms with van der Waals surface area (Å²) in [6.45, 7) is 0. The summed E-state index contributed by atoms with van der Waals surface area (Å²) in [6.07, 6.45) is 1.12. The third kappa shape index (κ3) is 3.35. The van der Waals surface area contributed by atoms with Crippen LogP contribution in [0.25, 0.3) is 0 Å². The fourth-order valence-electron chi connectivity index (χ4n) is 1.52. The number of pyridine rings is 1. The highest BCUT2D eigenvalue weighted by molar-refractivity contribution is 9.10. The topological polar surface area (TPSA) is 42.0 Å². The summed E-state index contributed by atoms with van der Waals surface area (Å²) in [4.78, 5) is 15.7. The standard InChI is InChI=1S/C13H9BrF2N2O/c14-9-3-2-6-17-13(9)18-12(19)7-8-10(15)4-1-5-11(8)16/h1-6H,7H2,(H,17,18,19). The molecule has 0 aliphatic carbocycles. The molecule has 0 atom stereocenters. The van der Waals surface area contributed by atoms with Gasteiger partial charge in [0.1, 0.15) is 17.5 Å². The van der Waals surface area contributed by atoms with Gasteiger partial charge in [0.25, 0.3) is 0 Å². The fourth-order valence-corrected chi connectivity index (χ4v) is 1.87. The summed E-state index contributed by atoms with van der Waals surface area (Å²) in [5, 5.41) is 2.48. The van der Waals surface area contributed by atoms with Gasteiger partial charge in [-0.1, -0.05) is 6.07 Å². The number of carbonyl (C=O) groups excluding carboxylic acids is 1. The molecule has 0 radical (unpaired) electrons. The molecule has 2 aromatic rings. The molecule has 0 bridgehead atoms. The molecule has 1 N–H and O–H groups in total. The molecule has 2 rings (SSSR count). The van der Waals surface area contributed by atoms with Crippen LogP contribution in [-0.4, -0.2) is 10.9 Å². The molecule has 98 valence electrons. The molecule has 3 nitrogen and oxygen atoms in total. The Hall–Kier alpha value is -1.82. The molecule has 0 unspecified atom stereocenters. The van der Waals surface area contributed by atoms with Crippen LogP contribution in [0.4, 0.5) is 14.6 Å². The molecule has 0 aliphatic rings. The summed E-state index contributed by atoms with van der Waals surface area (Å²) in [5.41, 5.74) is -0.257. The molecule has 1 aromatic heterocycles. The molecule has 0 fully saturated rings. The van der Waals surface area contributed by atoms with Crippen molar-refractivity contribution >= 4 is 27.7 Å². The number of rotatable bonds is 3. The Kier molecular flexibility index (Phi) is 4.21. The summed E-state index contributed by atoms with van der Waals surface area (Å²) >= 11 is 3.21. The molecule has 1 amide bonds. The first-order valence-corrected chi connectivity index (χ1v) is 6.20. The van der Waals surface area contributed by atoms with Crippen LogP contribution in [0.2, 0.25) is 0 Å². The van der Waals surface area contributed by atoms with Crippen LogP contribution >= 0.6 is 15.9 Å². The number of nitrogens with one attached hydrogen (secondary N) is 1. The zero-order valence-corrected chi connectivity index (χ0v) is 11.2. The minimum Gasteiger partial charge on any atom is -0.309 e. The van der Waals surface area contributed by atoms with Crippen molar-refractivity contribution in [2.45, 2.75) is 6.42 Å². The smallest absolute Gasteiger partial charge is 0.230 e. The third-order valence-corrected chi connectivity index (χ3v) is 3.06. The molecule has 1 aromatic carbocycles. The number of amides is 1. The molecule has 1 heterocycles. The second kappa shape index (κ2) is 5.88. The van der Waals surface area contributed by atoms with E-state index in [0.717, 1.165) is 12.1 Å². The van der Waals surface area contributed by atoms with Crippen molar-refractivity contribution in [3.8, 4) is 0 Å². The highest BCUT2D eigenvalue weighted by Crippen LogP contribution is 2.19. The number of carbonyl (C=O) groups is 1. The monoisotopic (exact) mass is 326 g/mol. The lowest BCUT2D eigenvalue weighted by Crippen LogP contribution is -2.17. The Bertz CT molecular complexity index is 599. The quantitative estimate of drug-likeness (QED) is 0.940. The van der Waals surface area contributed by atoms with Gasteiger partial charge >= 0.3 is 0 Å². The van der Waals surface area contributed by atoms with Crippen LogP contribution < -0.4 is 5.32 Å². The number of halogens is 3. The highest BCUT2D eigenvalue weighted by Gasteiger charge is 2.14. The van der Waals surface area contributed by atoms with E-state index in [1.165, 1.54) is 12.3 Å². The number of hydrogen-bond donors (Lipinski definition) is 1. The molecule has 19 heavy (non-hydrogen) atoms. The van der Waals surface area contributed by atoms with Crippen molar-refractivity contribution in [2.24, 2.45) is 0 Å². The van der Waals surface area contributed by atoms with Crippen molar-refractivity contribution in [3.63, 3.8) is 0 Å². The van der Waals surface area contributed by atoms with E-state index in [4.69, 9.17) is 0 Å². The van der Waals surface area contributed by atoms with Crippen molar-refractivity contribution < 1.29 is 13.6 Å². The molecule has 0 spiro atoms. The van der Waals surface area contributed by atoms with E-state index in [1.54, 1.807) is 12.1 Å². The lowest BCUT2D eigenvalue weighted by molar-refractivity contribution is -0.115. The van der Waals surface area contributed by atoms with Crippen molar-refractivity contribution in [1.29, 1.82) is 0 Å². The first-order valence-electron chi connectivity index (χ1n) is 5.41. The highest BCUT2D eigenvalue weighted by atomic mass is 79.9. The van der Waals surface area contributed by atoms with Crippen LogP contribution in [0.5, 0.6) is 0 Å². The maximum Gasteiger partial charge on any atom is 0.230 e. The summed E-state index contributed by atoms with van der Waals surface area (Å²) < 4.78 is 27.4. The summed E-state index contributed by atoms with van der Waals surface area (Å²) in [6, 6.07) is 6.87. The predicted molar refractivity (Wildman–Crippen MR) is 70.6 cm³/mol. The molecule has 0 saturated carbocycles. The van der Waals surface area contributed by atoms with Crippen LogP contribution in [0.1, 0.15) is 5.56 Å². The maximum absolute atomic E-state index is 13.4. The van der Waals surface area contributed by atoms with Crippen LogP contribution in [0, 0.1) is 11.6 Å². The van der Waals surface area contributed by atoms with Gasteiger partial charge in [0.2, 0.25) is 5.91 Å². The molecular weight excluding hydrogens is 318 g/mol. The van der Waals surface area contributed by atoms with Gasteiger partial charge < -0.3 is 5.32 Å². The molecule has 0 aliphatic heterocycles. The second-order valence-electron chi connectivity index (χ2n) is 3.76. The average Bonchev–Trinajstić information content (AvgIpc) is 2.37. The summed E-state index contributed by atoms with van der Waals surface area (Å²) in [7, 11) is 0. The van der Waals surface area contributed by atoms with E-state index in [0.29, 0.717) is 10.3 Å². The van der Waals surface area contributed by atoms with Gasteiger partial charge in [-0.15, -0.1) is 0 Å². The Morgan fingerprint density at radius 3 is 2.53 bits per heavy atom. The normalized spacial score (nSPS) is 10.3. The van der Waals surface area contributed by atoms with Crippen molar-refractivity contribution in [1.82, 2.24) is 4.98 Å². The maximum atomic E-state index is 13.4. The van der Waals surface area contributed by atoms with E-state index < -0.39 is 17.5 Å². The van der Waals surface area contributed by atoms with E-state index in [-0.39, 0.29) is 12.0 Å². The first-order chi connectivity index (χ1) is 9.08. The fraction of sp³-hybridized carbons (Fsp3) is 0.0769. The molecule has 0 saturated heterocycles. The van der Waals surface area contributed by atoms with Crippen LogP contribution in [0.15, 0.2) is 41.0 Å². The average molecular weight is 327 g/mol. The van der Waals surface area contributed by atoms with E-state index in [1.807, 2.05) is 0 Å². The Morgan fingerprint density at radius 2 is 1.89 bits per heavy atom. The number of aromatic nitrogens is 1. The number of nitrogens with zero attached hydrogens (tertiary/aromatic N) is 1. The van der Waals surface area contributed by atoms with Gasteiger partial charge in [-0.25, -0.2) is 13.8 Å². The lowest BCUT2D eigenvalue weighted by Gasteiger charge is -2.07. The Balaban J connectivity index is 2.12. The third-order valence-electron chi connectivity index (χ3n) is 2.42. The van der Waals surface area contributed by atoms with Crippen LogP contribution in [-0.2, 0) is 11.2 Å². The van der Waals surface area contributed by atoms with Gasteiger partial charge in [-0.05, 0) is 40.2 Å². The zero-order chi connectivity index (χ0) is 13.8. The lowest BCUT2D eigenvalue weighted by atomic mass is 10.1. The van der Waals surface area contributed by atoms with E-state index in [9.17, 15) is 13.6 Å². The van der Waals surface area contributed by atoms with Crippen molar-refractivity contribution in [3.05, 3.63) is 58.2 Å². The minimum atomic E-state index is -0.741. The largest absolute Gasteiger partial charge is 0.309 e. The molecule has 6 heteroatoms. The molecular formula is C13H9BrF2N2O. The van der Waals surface area contributed by atoms with Gasteiger partial charge in [-0.3, -0.25) is 4.79 Å². The first kappa shape index (κ1) is 13.6. The van der Waals surface area contributed by atoms with E-state index >= 15 is 0 Å². The Labute approximate surface area is 116 Å². The SMILES string of the molecule is O=C(Cc1c(F)cccc1F)Nc1ncccc1Br. The van der Waals surface area contributed by atoms with Gasteiger partial charge in [0.15, 0.2) is 0 Å². The Morgan fingerprint density at radius 1 is 1.21 bits per heavy atom. The zero-order valence-electron chi connectivity index (χ0n) is 9.66. The van der Waals surface area contributed by atoms with Crippen molar-refractivity contribution in [2.75, 3.05) is 5.32 Å². The number of hydrogen-bond acceptors (Lipinski definition) is 2. The van der Waals surface area contributed by atoms with Gasteiger partial charge in [0.05, 0.1) is 10.9 Å². The summed E-state index contributed by atoms with van der Waals surface area (Å²) in [5.74, 6) is -1.71. The van der Waals surface area contributed by atoms with Gasteiger partial charge in [0, 0.05) is 11.8 Å². The van der Waals surface area contributed by atoms with Crippen LogP contribution in [0.3, 0.4) is 0 Å².